The Labute approximate surface area is 148 Å². The van der Waals surface area contributed by atoms with Crippen molar-refractivity contribution in [1.82, 2.24) is 24.9 Å². The molecule has 0 spiro atoms. The third kappa shape index (κ3) is 4.36. The number of aryl methyl sites for hydroxylation is 1. The number of hydrogen-bond donors (Lipinski definition) is 2. The van der Waals surface area contributed by atoms with E-state index in [9.17, 15) is 4.79 Å². The molecule has 0 radical (unpaired) electrons. The average molecular weight is 353 g/mol. The number of piperidine rings is 1. The quantitative estimate of drug-likeness (QED) is 0.837. The summed E-state index contributed by atoms with van der Waals surface area (Å²) in [5.41, 5.74) is 0.443. The van der Waals surface area contributed by atoms with Crippen molar-refractivity contribution in [1.29, 1.82) is 0 Å². The van der Waals surface area contributed by atoms with Crippen molar-refractivity contribution >= 4 is 24.1 Å². The van der Waals surface area contributed by atoms with E-state index in [0.29, 0.717) is 11.7 Å². The van der Waals surface area contributed by atoms with Crippen molar-refractivity contribution in [3.8, 4) is 0 Å². The first-order valence-electron chi connectivity index (χ1n) is 8.37. The van der Waals surface area contributed by atoms with Gasteiger partial charge in [0.25, 0.3) is 5.91 Å². The molecule has 7 nitrogen and oxygen atoms in total. The normalized spacial score (nSPS) is 17.3. The summed E-state index contributed by atoms with van der Waals surface area (Å²) in [6.07, 6.45) is 7.96. The predicted molar refractivity (Wildman–Crippen MR) is 95.7 cm³/mol. The fraction of sp³-hybridized carbons (Fsp3) is 0.562. The summed E-state index contributed by atoms with van der Waals surface area (Å²) in [5.74, 6) is 0.531. The van der Waals surface area contributed by atoms with Crippen LogP contribution in [0.25, 0.3) is 0 Å². The number of carbonyl (C=O) groups excluding carboxylic acids is 1. The number of aromatic nitrogens is 4. The molecule has 1 atom stereocenters. The van der Waals surface area contributed by atoms with Crippen LogP contribution in [0.5, 0.6) is 0 Å². The van der Waals surface area contributed by atoms with Crippen molar-refractivity contribution in [3.63, 3.8) is 0 Å². The molecular formula is C16H25ClN6O. The van der Waals surface area contributed by atoms with Gasteiger partial charge in [0.05, 0.1) is 12.2 Å². The average Bonchev–Trinajstić information content (AvgIpc) is 3.23. The van der Waals surface area contributed by atoms with Gasteiger partial charge in [0, 0.05) is 25.4 Å². The topological polar surface area (TPSA) is 76.8 Å². The molecule has 1 aliphatic rings. The molecule has 8 heteroatoms. The third-order valence-corrected chi connectivity index (χ3v) is 4.17. The first-order chi connectivity index (χ1) is 11.3. The molecule has 0 aliphatic carbocycles. The number of amides is 1. The fourth-order valence-corrected chi connectivity index (χ4v) is 2.83. The van der Waals surface area contributed by atoms with Gasteiger partial charge >= 0.3 is 0 Å². The van der Waals surface area contributed by atoms with Gasteiger partial charge in [-0.25, -0.2) is 4.68 Å². The molecule has 132 valence electrons. The monoisotopic (exact) mass is 352 g/mol. The van der Waals surface area contributed by atoms with E-state index in [4.69, 9.17) is 0 Å². The highest BCUT2D eigenvalue weighted by Crippen LogP contribution is 2.16. The first kappa shape index (κ1) is 18.5. The molecule has 0 aromatic carbocycles. The smallest absolute Gasteiger partial charge is 0.277 e. The highest BCUT2D eigenvalue weighted by molar-refractivity contribution is 6.02. The molecule has 24 heavy (non-hydrogen) atoms. The minimum Gasteiger partial charge on any atom is -0.315 e. The van der Waals surface area contributed by atoms with Gasteiger partial charge < -0.3 is 10.6 Å². The van der Waals surface area contributed by atoms with Crippen LogP contribution in [-0.4, -0.2) is 38.6 Å². The van der Waals surface area contributed by atoms with Crippen molar-refractivity contribution < 1.29 is 4.79 Å². The molecule has 0 saturated carbocycles. The van der Waals surface area contributed by atoms with E-state index in [1.807, 2.05) is 21.6 Å². The van der Waals surface area contributed by atoms with E-state index in [1.165, 1.54) is 0 Å². The maximum Gasteiger partial charge on any atom is 0.277 e. The lowest BCUT2D eigenvalue weighted by Gasteiger charge is -2.22. The van der Waals surface area contributed by atoms with Crippen LogP contribution in [0.15, 0.2) is 24.5 Å². The first-order valence-corrected chi connectivity index (χ1v) is 8.37. The second-order valence-corrected chi connectivity index (χ2v) is 5.93. The van der Waals surface area contributed by atoms with Gasteiger partial charge in [-0.15, -0.1) is 12.4 Å². The molecule has 1 amide bonds. The lowest BCUT2D eigenvalue weighted by molar-refractivity contribution is 0.102. The van der Waals surface area contributed by atoms with Gasteiger partial charge in [-0.2, -0.15) is 10.2 Å². The fourth-order valence-electron chi connectivity index (χ4n) is 2.83. The highest BCUT2D eigenvalue weighted by atomic mass is 35.5. The van der Waals surface area contributed by atoms with E-state index in [1.54, 1.807) is 12.3 Å². The highest BCUT2D eigenvalue weighted by Gasteiger charge is 2.18. The summed E-state index contributed by atoms with van der Waals surface area (Å²) in [6, 6.07) is 3.92. The van der Waals surface area contributed by atoms with E-state index in [2.05, 4.69) is 27.8 Å². The van der Waals surface area contributed by atoms with Crippen molar-refractivity contribution in [2.24, 2.45) is 0 Å². The Kier molecular flexibility index (Phi) is 6.81. The predicted octanol–water partition coefficient (Wildman–Crippen LogP) is 2.48. The molecular weight excluding hydrogens is 328 g/mol. The second-order valence-electron chi connectivity index (χ2n) is 5.93. The third-order valence-electron chi connectivity index (χ3n) is 4.17. The van der Waals surface area contributed by atoms with Gasteiger partial charge in [-0.3, -0.25) is 9.48 Å². The largest absolute Gasteiger partial charge is 0.315 e. The number of nitrogens with zero attached hydrogens (tertiary/aromatic N) is 4. The van der Waals surface area contributed by atoms with Crippen molar-refractivity contribution in [2.45, 2.75) is 45.2 Å². The van der Waals surface area contributed by atoms with Crippen LogP contribution in [0.4, 0.5) is 5.82 Å². The minimum absolute atomic E-state index is 0. The molecule has 3 rings (SSSR count). The molecule has 0 bridgehead atoms. The summed E-state index contributed by atoms with van der Waals surface area (Å²) in [6.45, 7) is 4.91. The zero-order valence-electron chi connectivity index (χ0n) is 13.9. The Morgan fingerprint density at radius 2 is 2.33 bits per heavy atom. The lowest BCUT2D eigenvalue weighted by Crippen LogP contribution is -2.32. The number of halogens is 1. The Bertz CT molecular complexity index is 647. The summed E-state index contributed by atoms with van der Waals surface area (Å²) < 4.78 is 3.72. The van der Waals surface area contributed by atoms with Crippen LogP contribution in [0, 0.1) is 0 Å². The van der Waals surface area contributed by atoms with E-state index in [0.717, 1.165) is 51.1 Å². The summed E-state index contributed by atoms with van der Waals surface area (Å²) in [4.78, 5) is 12.4. The molecule has 1 fully saturated rings. The van der Waals surface area contributed by atoms with E-state index >= 15 is 0 Å². The molecule has 1 aliphatic heterocycles. The number of unbranched alkanes of at least 4 members (excludes halogenated alkanes) is 1. The van der Waals surface area contributed by atoms with E-state index in [-0.39, 0.29) is 18.3 Å². The Morgan fingerprint density at radius 1 is 1.46 bits per heavy atom. The SMILES string of the molecule is CCCCn1nccc1NC(=O)c1ccn(C2CCCNC2)n1.Cl. The molecule has 1 unspecified atom stereocenters. The van der Waals surface area contributed by atoms with Gasteiger partial charge in [0.15, 0.2) is 5.69 Å². The van der Waals surface area contributed by atoms with Crippen molar-refractivity contribution in [2.75, 3.05) is 18.4 Å². The number of anilines is 1. The van der Waals surface area contributed by atoms with E-state index < -0.39 is 0 Å². The minimum atomic E-state index is -0.189. The number of rotatable bonds is 6. The zero-order valence-corrected chi connectivity index (χ0v) is 14.8. The van der Waals surface area contributed by atoms with Crippen molar-refractivity contribution in [3.05, 3.63) is 30.2 Å². The maximum atomic E-state index is 12.4. The van der Waals surface area contributed by atoms with Gasteiger partial charge in [-0.1, -0.05) is 13.3 Å². The molecule has 2 aromatic rings. The lowest BCUT2D eigenvalue weighted by atomic mass is 10.1. The maximum absolute atomic E-state index is 12.4. The zero-order chi connectivity index (χ0) is 16.1. The Morgan fingerprint density at radius 3 is 3.08 bits per heavy atom. The molecule has 2 aromatic heterocycles. The van der Waals surface area contributed by atoms with Gasteiger partial charge in [0.2, 0.25) is 0 Å². The number of carbonyl (C=O) groups is 1. The van der Waals surface area contributed by atoms with Crippen LogP contribution < -0.4 is 10.6 Å². The van der Waals surface area contributed by atoms with Crippen LogP contribution >= 0.6 is 12.4 Å². The molecule has 2 N–H and O–H groups in total. The summed E-state index contributed by atoms with van der Waals surface area (Å²) >= 11 is 0. The second kappa shape index (κ2) is 8.84. The Balaban J connectivity index is 0.00000208. The van der Waals surface area contributed by atoms with Gasteiger partial charge in [-0.05, 0) is 31.9 Å². The van der Waals surface area contributed by atoms with Crippen LogP contribution in [0.1, 0.15) is 49.1 Å². The molecule has 1 saturated heterocycles. The standard InChI is InChI=1S/C16H24N6O.ClH/c1-2-3-10-22-15(6-9-18-22)19-16(23)14-7-11-21(20-14)13-5-4-8-17-12-13;/h6-7,9,11,13,17H,2-5,8,10,12H2,1H3,(H,19,23);1H. The number of nitrogens with one attached hydrogen (secondary N) is 2. The van der Waals surface area contributed by atoms with Crippen LogP contribution in [-0.2, 0) is 6.54 Å². The number of hydrogen-bond acceptors (Lipinski definition) is 4. The van der Waals surface area contributed by atoms with Crippen LogP contribution in [0.3, 0.4) is 0 Å². The summed E-state index contributed by atoms with van der Waals surface area (Å²) in [7, 11) is 0. The van der Waals surface area contributed by atoms with Crippen LogP contribution in [0.2, 0.25) is 0 Å². The summed E-state index contributed by atoms with van der Waals surface area (Å²) in [5, 5.41) is 15.0. The molecule has 3 heterocycles. The Hall–Kier alpha value is -1.86. The van der Waals surface area contributed by atoms with Gasteiger partial charge in [0.1, 0.15) is 5.82 Å².